The van der Waals surface area contributed by atoms with E-state index in [1.807, 2.05) is 24.3 Å². The van der Waals surface area contributed by atoms with Gasteiger partial charge in [-0.1, -0.05) is 46.3 Å². The quantitative estimate of drug-likeness (QED) is 0.561. The molecule has 3 aromatic rings. The highest BCUT2D eigenvalue weighted by Gasteiger charge is 2.27. The summed E-state index contributed by atoms with van der Waals surface area (Å²) in [5, 5.41) is 3.13. The van der Waals surface area contributed by atoms with Gasteiger partial charge in [0.05, 0.1) is 17.0 Å². The number of aromatic nitrogens is 2. The monoisotopic (exact) mass is 440 g/mol. The Morgan fingerprint density at radius 3 is 2.96 bits per heavy atom. The molecule has 1 fully saturated rings. The largest absolute Gasteiger partial charge is 0.356 e. The van der Waals surface area contributed by atoms with Gasteiger partial charge in [-0.2, -0.15) is 0 Å². The number of nitrogens with one attached hydrogen (secondary N) is 2. The fourth-order valence-electron chi connectivity index (χ4n) is 3.79. The van der Waals surface area contributed by atoms with Crippen molar-refractivity contribution in [3.8, 4) is 0 Å². The third-order valence-corrected chi connectivity index (χ3v) is 5.80. The number of fused-ring (bicyclic) bond motifs is 1. The molecule has 6 heteroatoms. The number of imidazole rings is 1. The third-order valence-electron chi connectivity index (χ3n) is 5.31. The van der Waals surface area contributed by atoms with Crippen LogP contribution in [0, 0.1) is 5.92 Å². The van der Waals surface area contributed by atoms with Gasteiger partial charge in [0.25, 0.3) is 0 Å². The van der Waals surface area contributed by atoms with E-state index in [4.69, 9.17) is 4.98 Å². The highest BCUT2D eigenvalue weighted by Crippen LogP contribution is 2.25. The molecule has 0 spiro atoms. The molecule has 146 valence electrons. The molecule has 1 aliphatic heterocycles. The molecule has 5 nitrogen and oxygen atoms in total. The van der Waals surface area contributed by atoms with E-state index in [-0.39, 0.29) is 11.8 Å². The van der Waals surface area contributed by atoms with Crippen LogP contribution in [0.2, 0.25) is 0 Å². The van der Waals surface area contributed by atoms with Gasteiger partial charge in [-0.05, 0) is 49.4 Å². The number of carbonyl (C=O) groups is 1. The van der Waals surface area contributed by atoms with Crippen molar-refractivity contribution in [2.75, 3.05) is 24.5 Å². The number of amides is 1. The molecule has 0 radical (unpaired) electrons. The minimum Gasteiger partial charge on any atom is -0.356 e. The number of piperidine rings is 1. The molecule has 0 bridgehead atoms. The predicted molar refractivity (Wildman–Crippen MR) is 117 cm³/mol. The average Bonchev–Trinajstić information content (AvgIpc) is 3.15. The minimum absolute atomic E-state index is 0.0189. The van der Waals surface area contributed by atoms with Crippen LogP contribution >= 0.6 is 15.9 Å². The van der Waals surface area contributed by atoms with Crippen LogP contribution in [0.1, 0.15) is 24.8 Å². The molecular weight excluding hydrogens is 416 g/mol. The second kappa shape index (κ2) is 8.78. The Morgan fingerprint density at radius 1 is 1.25 bits per heavy atom. The van der Waals surface area contributed by atoms with Crippen LogP contribution in [0.5, 0.6) is 0 Å². The standard InChI is InChI=1S/C22H25BrN4O/c23-18-10-11-19-20(14-18)26-22(25-19)27-13-5-9-17(15-27)21(28)24-12-4-8-16-6-2-1-3-7-16/h1-3,6-7,10-11,14,17H,4-5,8-9,12-13,15H2,(H,24,28)(H,25,26). The lowest BCUT2D eigenvalue weighted by Gasteiger charge is -2.31. The van der Waals surface area contributed by atoms with Gasteiger partial charge >= 0.3 is 0 Å². The number of H-pyrrole nitrogens is 1. The summed E-state index contributed by atoms with van der Waals surface area (Å²) in [5.74, 6) is 1.04. The Balaban J connectivity index is 1.30. The SMILES string of the molecule is O=C(NCCCc1ccccc1)C1CCCN(c2nc3ccc(Br)cc3[nH]2)C1. The van der Waals surface area contributed by atoms with Gasteiger partial charge in [-0.25, -0.2) is 4.98 Å². The zero-order valence-electron chi connectivity index (χ0n) is 15.8. The molecule has 2 N–H and O–H groups in total. The topological polar surface area (TPSA) is 61.0 Å². The first-order chi connectivity index (χ1) is 13.7. The van der Waals surface area contributed by atoms with E-state index in [0.717, 1.165) is 60.2 Å². The van der Waals surface area contributed by atoms with Gasteiger partial charge in [0.1, 0.15) is 0 Å². The lowest BCUT2D eigenvalue weighted by Crippen LogP contribution is -2.43. The summed E-state index contributed by atoms with van der Waals surface area (Å²) in [6, 6.07) is 16.4. The van der Waals surface area contributed by atoms with Crippen LogP contribution < -0.4 is 10.2 Å². The molecule has 4 rings (SSSR count). The normalized spacial score (nSPS) is 17.0. The molecule has 1 aliphatic rings. The second-order valence-corrected chi connectivity index (χ2v) is 8.30. The fourth-order valence-corrected chi connectivity index (χ4v) is 4.16. The summed E-state index contributed by atoms with van der Waals surface area (Å²) in [4.78, 5) is 22.9. The van der Waals surface area contributed by atoms with Gasteiger partial charge < -0.3 is 15.2 Å². The number of hydrogen-bond donors (Lipinski definition) is 2. The third kappa shape index (κ3) is 4.55. The number of aromatic amines is 1. The minimum atomic E-state index is 0.0189. The number of anilines is 1. The number of rotatable bonds is 6. The molecule has 0 aliphatic carbocycles. The molecule has 2 heterocycles. The van der Waals surface area contributed by atoms with E-state index in [1.165, 1.54) is 5.56 Å². The smallest absolute Gasteiger partial charge is 0.224 e. The van der Waals surface area contributed by atoms with Crippen molar-refractivity contribution >= 4 is 38.8 Å². The lowest BCUT2D eigenvalue weighted by atomic mass is 9.97. The van der Waals surface area contributed by atoms with Crippen LogP contribution in [-0.4, -0.2) is 35.5 Å². The number of halogens is 1. The molecular formula is C22H25BrN4O. The summed E-state index contributed by atoms with van der Waals surface area (Å²) in [7, 11) is 0. The molecule has 1 saturated heterocycles. The van der Waals surface area contributed by atoms with Crippen LogP contribution in [0.25, 0.3) is 11.0 Å². The zero-order chi connectivity index (χ0) is 19.3. The van der Waals surface area contributed by atoms with Crippen molar-refractivity contribution < 1.29 is 4.79 Å². The van der Waals surface area contributed by atoms with Crippen molar-refractivity contribution in [3.05, 3.63) is 58.6 Å². The number of benzene rings is 2. The first kappa shape index (κ1) is 19.0. The van der Waals surface area contributed by atoms with E-state index in [1.54, 1.807) is 0 Å². The van der Waals surface area contributed by atoms with Crippen LogP contribution in [0.15, 0.2) is 53.0 Å². The van der Waals surface area contributed by atoms with Gasteiger partial charge in [0.2, 0.25) is 11.9 Å². The summed E-state index contributed by atoms with van der Waals surface area (Å²) in [6.07, 6.45) is 3.90. The highest BCUT2D eigenvalue weighted by atomic mass is 79.9. The fraction of sp³-hybridized carbons (Fsp3) is 0.364. The summed E-state index contributed by atoms with van der Waals surface area (Å²) < 4.78 is 1.03. The van der Waals surface area contributed by atoms with E-state index in [0.29, 0.717) is 6.54 Å². The van der Waals surface area contributed by atoms with Crippen molar-refractivity contribution in [1.29, 1.82) is 0 Å². The Labute approximate surface area is 173 Å². The van der Waals surface area contributed by atoms with Gasteiger partial charge in [-0.3, -0.25) is 4.79 Å². The van der Waals surface area contributed by atoms with E-state index < -0.39 is 0 Å². The second-order valence-electron chi connectivity index (χ2n) is 7.39. The molecule has 0 saturated carbocycles. The molecule has 2 aromatic carbocycles. The Morgan fingerprint density at radius 2 is 2.11 bits per heavy atom. The molecule has 28 heavy (non-hydrogen) atoms. The van der Waals surface area contributed by atoms with E-state index in [2.05, 4.69) is 55.4 Å². The highest BCUT2D eigenvalue weighted by molar-refractivity contribution is 9.10. The predicted octanol–water partition coefficient (Wildman–Crippen LogP) is 4.29. The van der Waals surface area contributed by atoms with Crippen LogP contribution in [0.3, 0.4) is 0 Å². The zero-order valence-corrected chi connectivity index (χ0v) is 17.4. The van der Waals surface area contributed by atoms with Gasteiger partial charge in [-0.15, -0.1) is 0 Å². The number of nitrogens with zero attached hydrogens (tertiary/aromatic N) is 2. The van der Waals surface area contributed by atoms with Crippen LogP contribution in [-0.2, 0) is 11.2 Å². The maximum Gasteiger partial charge on any atom is 0.224 e. The molecule has 1 atom stereocenters. The summed E-state index contributed by atoms with van der Waals surface area (Å²) in [5.41, 5.74) is 3.28. The number of carbonyl (C=O) groups excluding carboxylic acids is 1. The van der Waals surface area contributed by atoms with Crippen molar-refractivity contribution in [1.82, 2.24) is 15.3 Å². The van der Waals surface area contributed by atoms with Gasteiger partial charge in [0.15, 0.2) is 0 Å². The summed E-state index contributed by atoms with van der Waals surface area (Å²) >= 11 is 3.50. The lowest BCUT2D eigenvalue weighted by molar-refractivity contribution is -0.125. The van der Waals surface area contributed by atoms with E-state index >= 15 is 0 Å². The van der Waals surface area contributed by atoms with Crippen LogP contribution in [0.4, 0.5) is 5.95 Å². The molecule has 1 amide bonds. The maximum atomic E-state index is 12.6. The maximum absolute atomic E-state index is 12.6. The average molecular weight is 441 g/mol. The van der Waals surface area contributed by atoms with Crippen molar-refractivity contribution in [2.24, 2.45) is 5.92 Å². The van der Waals surface area contributed by atoms with Crippen molar-refractivity contribution in [2.45, 2.75) is 25.7 Å². The summed E-state index contributed by atoms with van der Waals surface area (Å²) in [6.45, 7) is 2.37. The van der Waals surface area contributed by atoms with Crippen molar-refractivity contribution in [3.63, 3.8) is 0 Å². The Bertz CT molecular complexity index is 940. The molecule has 1 unspecified atom stereocenters. The number of hydrogen-bond acceptors (Lipinski definition) is 3. The Hall–Kier alpha value is -2.34. The first-order valence-corrected chi connectivity index (χ1v) is 10.7. The molecule has 1 aromatic heterocycles. The van der Waals surface area contributed by atoms with Gasteiger partial charge in [0, 0.05) is 24.1 Å². The first-order valence-electron chi connectivity index (χ1n) is 9.91. The number of aryl methyl sites for hydroxylation is 1. The Kier molecular flexibility index (Phi) is 5.95. The van der Waals surface area contributed by atoms with E-state index in [9.17, 15) is 4.79 Å².